The Morgan fingerprint density at radius 2 is 0.762 bits per heavy atom. The lowest BCUT2D eigenvalue weighted by atomic mass is 9.88. The first-order valence-electron chi connectivity index (χ1n) is 21.7. The van der Waals surface area contributed by atoms with E-state index in [1.54, 1.807) is 0 Å². The SMILES string of the molecule is Cc1cc(-c2ccc3c(c2)C(C)(C)N(C)C3(C)C)ncc1-c1nc(-c2cccc(-c3cccc(-c4ccccc4)c3)c2)nc(-c2cccc(-c3cccc(-c4ccccc4)c3)c2)n1. The second kappa shape index (κ2) is 15.8. The van der Waals surface area contributed by atoms with Gasteiger partial charge in [0.25, 0.3) is 0 Å². The Balaban J connectivity index is 1.07. The van der Waals surface area contributed by atoms with Crippen LogP contribution in [0, 0.1) is 6.92 Å². The Labute approximate surface area is 370 Å². The predicted molar refractivity (Wildman–Crippen MR) is 260 cm³/mol. The van der Waals surface area contributed by atoms with E-state index < -0.39 is 0 Å². The molecule has 5 nitrogen and oxygen atoms in total. The van der Waals surface area contributed by atoms with Gasteiger partial charge in [-0.3, -0.25) is 9.88 Å². The number of hydrogen-bond acceptors (Lipinski definition) is 5. The quantitative estimate of drug-likeness (QED) is 0.153. The lowest BCUT2D eigenvalue weighted by molar-refractivity contribution is 0.0730. The van der Waals surface area contributed by atoms with Crippen LogP contribution in [0.2, 0.25) is 0 Å². The summed E-state index contributed by atoms with van der Waals surface area (Å²) >= 11 is 0. The van der Waals surface area contributed by atoms with E-state index in [1.807, 2.05) is 18.3 Å². The smallest absolute Gasteiger partial charge is 0.165 e. The van der Waals surface area contributed by atoms with Crippen LogP contribution < -0.4 is 0 Å². The summed E-state index contributed by atoms with van der Waals surface area (Å²) in [6, 6.07) is 64.3. The molecule has 0 amide bonds. The maximum Gasteiger partial charge on any atom is 0.165 e. The zero-order chi connectivity index (χ0) is 43.3. The Morgan fingerprint density at radius 3 is 1.24 bits per heavy atom. The third-order valence-electron chi connectivity index (χ3n) is 13.1. The third kappa shape index (κ3) is 7.45. The second-order valence-electron chi connectivity index (χ2n) is 17.7. The molecule has 0 bridgehead atoms. The summed E-state index contributed by atoms with van der Waals surface area (Å²) in [7, 11) is 2.22. The number of nitrogens with zero attached hydrogens (tertiary/aromatic N) is 5. The van der Waals surface area contributed by atoms with Crippen LogP contribution in [-0.4, -0.2) is 31.9 Å². The maximum absolute atomic E-state index is 5.21. The molecule has 0 aliphatic carbocycles. The summed E-state index contributed by atoms with van der Waals surface area (Å²) < 4.78 is 0. The molecular weight excluding hydrogens is 767 g/mol. The summed E-state index contributed by atoms with van der Waals surface area (Å²) in [5, 5.41) is 0. The lowest BCUT2D eigenvalue weighted by Crippen LogP contribution is -2.42. The van der Waals surface area contributed by atoms with Gasteiger partial charge in [0.05, 0.1) is 5.69 Å². The molecule has 1 aliphatic rings. The van der Waals surface area contributed by atoms with Crippen molar-refractivity contribution in [2.75, 3.05) is 7.05 Å². The molecule has 0 spiro atoms. The fourth-order valence-corrected chi connectivity index (χ4v) is 9.20. The number of aryl methyl sites for hydroxylation is 1. The van der Waals surface area contributed by atoms with Crippen LogP contribution >= 0.6 is 0 Å². The fraction of sp³-hybridized carbons (Fsp3) is 0.138. The number of aromatic nitrogens is 4. The van der Waals surface area contributed by atoms with E-state index in [4.69, 9.17) is 19.9 Å². The minimum atomic E-state index is -0.106. The molecule has 0 saturated heterocycles. The summed E-state index contributed by atoms with van der Waals surface area (Å²) in [5.74, 6) is 1.78. The van der Waals surface area contributed by atoms with Crippen molar-refractivity contribution >= 4 is 0 Å². The highest BCUT2D eigenvalue weighted by Crippen LogP contribution is 2.49. The monoisotopic (exact) mass is 815 g/mol. The molecule has 10 rings (SSSR count). The maximum atomic E-state index is 5.21. The molecule has 306 valence electrons. The molecule has 1 aliphatic heterocycles. The number of fused-ring (bicyclic) bond motifs is 1. The normalized spacial score (nSPS) is 14.1. The summed E-state index contributed by atoms with van der Waals surface area (Å²) in [6.45, 7) is 11.3. The van der Waals surface area contributed by atoms with Crippen molar-refractivity contribution in [1.29, 1.82) is 0 Å². The van der Waals surface area contributed by atoms with Gasteiger partial charge in [0.1, 0.15) is 0 Å². The van der Waals surface area contributed by atoms with Gasteiger partial charge < -0.3 is 0 Å². The molecule has 2 aromatic heterocycles. The molecule has 0 unspecified atom stereocenters. The van der Waals surface area contributed by atoms with Crippen molar-refractivity contribution in [3.63, 3.8) is 0 Å². The Bertz CT molecular complexity index is 3010. The van der Waals surface area contributed by atoms with Crippen LogP contribution in [0.4, 0.5) is 0 Å². The zero-order valence-corrected chi connectivity index (χ0v) is 36.6. The molecule has 7 aromatic carbocycles. The first-order chi connectivity index (χ1) is 30.5. The number of hydrogen-bond donors (Lipinski definition) is 0. The van der Waals surface area contributed by atoms with Gasteiger partial charge in [-0.1, -0.05) is 146 Å². The van der Waals surface area contributed by atoms with Gasteiger partial charge in [-0.2, -0.15) is 0 Å². The van der Waals surface area contributed by atoms with Crippen LogP contribution in [0.3, 0.4) is 0 Å². The van der Waals surface area contributed by atoms with Gasteiger partial charge in [0.15, 0.2) is 17.5 Å². The summed E-state index contributed by atoms with van der Waals surface area (Å²) in [5.41, 5.74) is 17.4. The number of rotatable bonds is 8. The van der Waals surface area contributed by atoms with Crippen molar-refractivity contribution in [2.24, 2.45) is 0 Å². The van der Waals surface area contributed by atoms with Gasteiger partial charge >= 0.3 is 0 Å². The average molecular weight is 816 g/mol. The fourth-order valence-electron chi connectivity index (χ4n) is 9.20. The van der Waals surface area contributed by atoms with E-state index in [2.05, 4.69) is 216 Å². The minimum absolute atomic E-state index is 0.0594. The number of benzene rings is 7. The highest BCUT2D eigenvalue weighted by Gasteiger charge is 2.46. The van der Waals surface area contributed by atoms with Gasteiger partial charge in [-0.05, 0) is 139 Å². The topological polar surface area (TPSA) is 54.8 Å². The molecule has 0 atom stereocenters. The molecule has 5 heteroatoms. The predicted octanol–water partition coefficient (Wildman–Crippen LogP) is 14.3. The van der Waals surface area contributed by atoms with Crippen molar-refractivity contribution in [2.45, 2.75) is 45.7 Å². The molecule has 0 radical (unpaired) electrons. The Kier molecular flexibility index (Phi) is 10.0. The molecule has 9 aromatic rings. The van der Waals surface area contributed by atoms with Crippen molar-refractivity contribution in [3.8, 4) is 89.9 Å². The van der Waals surface area contributed by atoms with E-state index in [0.717, 1.165) is 55.8 Å². The van der Waals surface area contributed by atoms with Gasteiger partial charge in [-0.25, -0.2) is 15.0 Å². The van der Waals surface area contributed by atoms with Crippen LogP contribution in [0.5, 0.6) is 0 Å². The van der Waals surface area contributed by atoms with Crippen molar-refractivity contribution < 1.29 is 0 Å². The van der Waals surface area contributed by atoms with Crippen molar-refractivity contribution in [3.05, 3.63) is 205 Å². The Morgan fingerprint density at radius 1 is 0.365 bits per heavy atom. The minimum Gasteiger partial charge on any atom is -0.288 e. The van der Waals surface area contributed by atoms with E-state index in [-0.39, 0.29) is 11.1 Å². The summed E-state index contributed by atoms with van der Waals surface area (Å²) in [6.07, 6.45) is 1.93. The van der Waals surface area contributed by atoms with Crippen LogP contribution in [0.25, 0.3) is 89.9 Å². The lowest BCUT2D eigenvalue weighted by Gasteiger charge is -2.37. The molecule has 0 fully saturated rings. The van der Waals surface area contributed by atoms with E-state index in [9.17, 15) is 0 Å². The van der Waals surface area contributed by atoms with Gasteiger partial charge in [0.2, 0.25) is 0 Å². The van der Waals surface area contributed by atoms with Gasteiger partial charge in [-0.15, -0.1) is 0 Å². The molecular formula is C58H49N5. The standard InChI is InChI=1S/C58H49N5/c1-38-31-53(47-29-30-51-52(36-47)58(4,5)63(6)57(51,2)3)59-37-50(38)56-61-54(48-27-15-25-45(34-48)43-23-13-21-41(32-43)39-17-9-7-10-18-39)60-55(62-56)49-28-16-26-46(35-49)44-24-14-22-42(33-44)40-19-11-8-12-20-40/h7-37H,1-6H3. The van der Waals surface area contributed by atoms with Crippen LogP contribution in [0.1, 0.15) is 44.4 Å². The zero-order valence-electron chi connectivity index (χ0n) is 36.6. The molecule has 0 N–H and O–H groups in total. The third-order valence-corrected chi connectivity index (χ3v) is 13.1. The summed E-state index contributed by atoms with van der Waals surface area (Å²) in [4.78, 5) is 23.2. The first-order valence-corrected chi connectivity index (χ1v) is 21.7. The van der Waals surface area contributed by atoms with Crippen molar-refractivity contribution in [1.82, 2.24) is 24.8 Å². The second-order valence-corrected chi connectivity index (χ2v) is 17.7. The highest BCUT2D eigenvalue weighted by molar-refractivity contribution is 5.79. The molecule has 0 saturated carbocycles. The van der Waals surface area contributed by atoms with E-state index in [1.165, 1.54) is 33.4 Å². The molecule has 3 heterocycles. The van der Waals surface area contributed by atoms with Crippen LogP contribution in [0.15, 0.2) is 188 Å². The van der Waals surface area contributed by atoms with Gasteiger partial charge in [0, 0.05) is 39.5 Å². The number of pyridine rings is 1. The van der Waals surface area contributed by atoms with E-state index in [0.29, 0.717) is 17.5 Å². The average Bonchev–Trinajstić information content (AvgIpc) is 3.47. The molecule has 63 heavy (non-hydrogen) atoms. The van der Waals surface area contributed by atoms with E-state index >= 15 is 0 Å². The Hall–Kier alpha value is -7.34. The largest absolute Gasteiger partial charge is 0.288 e. The van der Waals surface area contributed by atoms with Crippen LogP contribution in [-0.2, 0) is 11.1 Å². The first kappa shape index (κ1) is 39.8. The highest BCUT2D eigenvalue weighted by atomic mass is 15.2.